The van der Waals surface area contributed by atoms with E-state index in [-0.39, 0.29) is 6.03 Å². The maximum absolute atomic E-state index is 11.9. The van der Waals surface area contributed by atoms with E-state index in [0.717, 1.165) is 17.7 Å². The molecule has 20 heavy (non-hydrogen) atoms. The van der Waals surface area contributed by atoms with Gasteiger partial charge in [-0.3, -0.25) is 0 Å². The number of hydrogen-bond donors (Lipinski definition) is 1. The van der Waals surface area contributed by atoms with Gasteiger partial charge in [0.15, 0.2) is 0 Å². The number of nitrogens with one attached hydrogen (secondary N) is 1. The third-order valence-corrected chi connectivity index (χ3v) is 3.02. The monoisotopic (exact) mass is 279 g/mol. The fourth-order valence-corrected chi connectivity index (χ4v) is 1.79. The van der Waals surface area contributed by atoms with Crippen LogP contribution in [0, 0.1) is 0 Å². The Bertz CT molecular complexity index is 404. The summed E-state index contributed by atoms with van der Waals surface area (Å²) in [5.74, 6) is 0. The van der Waals surface area contributed by atoms with Gasteiger partial charge in [0, 0.05) is 53.6 Å². The molecule has 0 aliphatic rings. The standard InChI is InChI=1S/C15H25N3O2/c1-17(2)14-8-6-13(7-9-14)12-18(3)15(19)16-10-5-11-20-4/h6-9H,5,10-12H2,1-4H3,(H,16,19). The minimum Gasteiger partial charge on any atom is -0.385 e. The fourth-order valence-electron chi connectivity index (χ4n) is 1.79. The second kappa shape index (κ2) is 8.43. The highest BCUT2D eigenvalue weighted by atomic mass is 16.5. The first-order chi connectivity index (χ1) is 9.54. The lowest BCUT2D eigenvalue weighted by atomic mass is 10.2. The predicted molar refractivity (Wildman–Crippen MR) is 82.1 cm³/mol. The molecule has 0 heterocycles. The Morgan fingerprint density at radius 1 is 1.20 bits per heavy atom. The van der Waals surface area contributed by atoms with Gasteiger partial charge in [0.2, 0.25) is 0 Å². The van der Waals surface area contributed by atoms with Crippen molar-refractivity contribution in [1.82, 2.24) is 10.2 Å². The van der Waals surface area contributed by atoms with Crippen molar-refractivity contribution in [3.63, 3.8) is 0 Å². The number of hydrogen-bond acceptors (Lipinski definition) is 3. The molecule has 0 fully saturated rings. The molecule has 0 radical (unpaired) electrons. The molecule has 5 nitrogen and oxygen atoms in total. The summed E-state index contributed by atoms with van der Waals surface area (Å²) in [6, 6.07) is 8.14. The zero-order valence-electron chi connectivity index (χ0n) is 12.8. The predicted octanol–water partition coefficient (Wildman–Crippen LogP) is 1.93. The smallest absolute Gasteiger partial charge is 0.317 e. The van der Waals surface area contributed by atoms with Crippen LogP contribution in [0.5, 0.6) is 0 Å². The number of carbonyl (C=O) groups is 1. The number of amides is 2. The van der Waals surface area contributed by atoms with Crippen LogP contribution < -0.4 is 10.2 Å². The second-order valence-electron chi connectivity index (χ2n) is 5.00. The van der Waals surface area contributed by atoms with Crippen LogP contribution in [0.2, 0.25) is 0 Å². The third kappa shape index (κ3) is 5.48. The molecular formula is C15H25N3O2. The Labute approximate surface area is 121 Å². The van der Waals surface area contributed by atoms with Crippen molar-refractivity contribution in [3.05, 3.63) is 29.8 Å². The van der Waals surface area contributed by atoms with Crippen molar-refractivity contribution < 1.29 is 9.53 Å². The molecule has 2 amide bonds. The summed E-state index contributed by atoms with van der Waals surface area (Å²) in [7, 11) is 7.47. The van der Waals surface area contributed by atoms with Gasteiger partial charge >= 0.3 is 6.03 Å². The van der Waals surface area contributed by atoms with Crippen LogP contribution in [0.4, 0.5) is 10.5 Å². The molecule has 0 bridgehead atoms. The van der Waals surface area contributed by atoms with E-state index >= 15 is 0 Å². The number of methoxy groups -OCH3 is 1. The highest BCUT2D eigenvalue weighted by Gasteiger charge is 2.08. The van der Waals surface area contributed by atoms with Crippen molar-refractivity contribution in [2.75, 3.05) is 46.3 Å². The Morgan fingerprint density at radius 2 is 1.85 bits per heavy atom. The maximum Gasteiger partial charge on any atom is 0.317 e. The molecular weight excluding hydrogens is 254 g/mol. The number of nitrogens with zero attached hydrogens (tertiary/aromatic N) is 2. The minimum atomic E-state index is -0.0576. The van der Waals surface area contributed by atoms with Crippen LogP contribution in [0.25, 0.3) is 0 Å². The van der Waals surface area contributed by atoms with E-state index in [4.69, 9.17) is 4.74 Å². The molecule has 0 aliphatic heterocycles. The summed E-state index contributed by atoms with van der Waals surface area (Å²) in [5, 5.41) is 2.87. The normalized spacial score (nSPS) is 10.2. The first-order valence-electron chi connectivity index (χ1n) is 6.78. The molecule has 0 saturated carbocycles. The fraction of sp³-hybridized carbons (Fsp3) is 0.533. The van der Waals surface area contributed by atoms with Crippen LogP contribution in [-0.4, -0.2) is 52.3 Å². The number of benzene rings is 1. The lowest BCUT2D eigenvalue weighted by Crippen LogP contribution is -2.37. The maximum atomic E-state index is 11.9. The Balaban J connectivity index is 2.40. The average Bonchev–Trinajstić information content (AvgIpc) is 2.44. The van der Waals surface area contributed by atoms with E-state index in [1.807, 2.05) is 26.2 Å². The van der Waals surface area contributed by atoms with E-state index in [1.54, 1.807) is 19.1 Å². The number of rotatable bonds is 7. The van der Waals surface area contributed by atoms with E-state index in [0.29, 0.717) is 19.7 Å². The molecule has 1 N–H and O–H groups in total. The van der Waals surface area contributed by atoms with Gasteiger partial charge in [-0.1, -0.05) is 12.1 Å². The summed E-state index contributed by atoms with van der Waals surface area (Å²) >= 11 is 0. The van der Waals surface area contributed by atoms with Gasteiger partial charge in [-0.15, -0.1) is 0 Å². The van der Waals surface area contributed by atoms with Crippen molar-refractivity contribution in [1.29, 1.82) is 0 Å². The van der Waals surface area contributed by atoms with Crippen LogP contribution in [0.3, 0.4) is 0 Å². The first-order valence-corrected chi connectivity index (χ1v) is 6.78. The van der Waals surface area contributed by atoms with E-state index < -0.39 is 0 Å². The molecule has 0 aromatic heterocycles. The van der Waals surface area contributed by atoms with Crippen LogP contribution in [-0.2, 0) is 11.3 Å². The van der Waals surface area contributed by atoms with Crippen molar-refractivity contribution in [2.24, 2.45) is 0 Å². The molecule has 0 aliphatic carbocycles. The van der Waals surface area contributed by atoms with Gasteiger partial charge in [-0.05, 0) is 24.1 Å². The van der Waals surface area contributed by atoms with Gasteiger partial charge in [0.1, 0.15) is 0 Å². The molecule has 0 unspecified atom stereocenters. The number of anilines is 1. The van der Waals surface area contributed by atoms with E-state index in [2.05, 4.69) is 22.3 Å². The Kier molecular flexibility index (Phi) is 6.87. The van der Waals surface area contributed by atoms with E-state index in [1.165, 1.54) is 0 Å². The van der Waals surface area contributed by atoms with Crippen molar-refractivity contribution >= 4 is 11.7 Å². The topological polar surface area (TPSA) is 44.8 Å². The molecule has 1 rings (SSSR count). The van der Waals surface area contributed by atoms with Gasteiger partial charge < -0.3 is 19.9 Å². The summed E-state index contributed by atoms with van der Waals surface area (Å²) in [6.45, 7) is 1.90. The molecule has 112 valence electrons. The minimum absolute atomic E-state index is 0.0576. The van der Waals surface area contributed by atoms with Gasteiger partial charge in [0.05, 0.1) is 0 Å². The second-order valence-corrected chi connectivity index (χ2v) is 5.00. The lowest BCUT2D eigenvalue weighted by molar-refractivity contribution is 0.188. The van der Waals surface area contributed by atoms with Gasteiger partial charge in [-0.25, -0.2) is 4.79 Å². The van der Waals surface area contributed by atoms with Crippen molar-refractivity contribution in [2.45, 2.75) is 13.0 Å². The lowest BCUT2D eigenvalue weighted by Gasteiger charge is -2.19. The zero-order chi connectivity index (χ0) is 15.0. The largest absolute Gasteiger partial charge is 0.385 e. The quantitative estimate of drug-likeness (QED) is 0.776. The Morgan fingerprint density at radius 3 is 2.40 bits per heavy atom. The molecule has 5 heteroatoms. The molecule has 1 aromatic carbocycles. The first kappa shape index (κ1) is 16.3. The SMILES string of the molecule is COCCCNC(=O)N(C)Cc1ccc(N(C)C)cc1. The zero-order valence-corrected chi connectivity index (χ0v) is 12.8. The summed E-state index contributed by atoms with van der Waals surface area (Å²) in [4.78, 5) is 15.6. The van der Waals surface area contributed by atoms with Crippen LogP contribution in [0.1, 0.15) is 12.0 Å². The highest BCUT2D eigenvalue weighted by Crippen LogP contribution is 2.13. The molecule has 0 saturated heterocycles. The van der Waals surface area contributed by atoms with Gasteiger partial charge in [-0.2, -0.15) is 0 Å². The van der Waals surface area contributed by atoms with E-state index in [9.17, 15) is 4.79 Å². The van der Waals surface area contributed by atoms with Crippen LogP contribution in [0.15, 0.2) is 24.3 Å². The van der Waals surface area contributed by atoms with Crippen LogP contribution >= 0.6 is 0 Å². The summed E-state index contributed by atoms with van der Waals surface area (Å²) < 4.78 is 4.94. The average molecular weight is 279 g/mol. The number of ether oxygens (including phenoxy) is 1. The molecule has 0 spiro atoms. The van der Waals surface area contributed by atoms with Crippen molar-refractivity contribution in [3.8, 4) is 0 Å². The number of carbonyl (C=O) groups excluding carboxylic acids is 1. The number of urea groups is 1. The summed E-state index contributed by atoms with van der Waals surface area (Å²) in [5.41, 5.74) is 2.27. The molecule has 0 atom stereocenters. The summed E-state index contributed by atoms with van der Waals surface area (Å²) in [6.07, 6.45) is 0.827. The highest BCUT2D eigenvalue weighted by molar-refractivity contribution is 5.73. The third-order valence-electron chi connectivity index (χ3n) is 3.02. The van der Waals surface area contributed by atoms with Gasteiger partial charge in [0.25, 0.3) is 0 Å². The molecule has 1 aromatic rings. The Hall–Kier alpha value is -1.75.